The average molecular weight is 221 g/mol. The highest BCUT2D eigenvalue weighted by Crippen LogP contribution is 2.10. The van der Waals surface area contributed by atoms with Gasteiger partial charge in [-0.15, -0.1) is 0 Å². The van der Waals surface area contributed by atoms with Gasteiger partial charge in [-0.2, -0.15) is 0 Å². The van der Waals surface area contributed by atoms with Crippen LogP contribution in [0.2, 0.25) is 0 Å². The molecule has 1 nitrogen and oxygen atoms in total. The van der Waals surface area contributed by atoms with Crippen LogP contribution in [0.5, 0.6) is 0 Å². The summed E-state index contributed by atoms with van der Waals surface area (Å²) in [5.74, 6) is 0. The average Bonchev–Trinajstić information content (AvgIpc) is 2.34. The van der Waals surface area contributed by atoms with Gasteiger partial charge in [-0.05, 0) is 31.9 Å². The summed E-state index contributed by atoms with van der Waals surface area (Å²) in [5, 5.41) is 0. The maximum Gasteiger partial charge on any atom is 0.0473 e. The first kappa shape index (κ1) is 17.3. The monoisotopic (exact) mass is 221 g/mol. The highest BCUT2D eigenvalue weighted by molar-refractivity contribution is 5.53. The van der Waals surface area contributed by atoms with Gasteiger partial charge in [0.1, 0.15) is 0 Å². The van der Waals surface area contributed by atoms with E-state index in [0.717, 1.165) is 6.42 Å². The van der Waals surface area contributed by atoms with Gasteiger partial charge in [0.25, 0.3) is 0 Å². The minimum absolute atomic E-state index is 1.000. The number of rotatable bonds is 2. The fourth-order valence-electron chi connectivity index (χ4n) is 1.19. The molecule has 1 aromatic rings. The fourth-order valence-corrected chi connectivity index (χ4v) is 1.19. The standard InChI is InChI=1S/C11H15N.2C2H6/c1-4-11-10(8-9(2)3)6-5-7-12-11;2*1-2/h5-8H,4H2,1-3H3;2*1-2H3. The Kier molecular flexibility index (Phi) is 12.9. The molecule has 0 aromatic carbocycles. The predicted molar refractivity (Wildman–Crippen MR) is 75.6 cm³/mol. The van der Waals surface area contributed by atoms with Crippen LogP contribution in [-0.2, 0) is 6.42 Å². The van der Waals surface area contributed by atoms with Crippen molar-refractivity contribution in [2.75, 3.05) is 0 Å². The van der Waals surface area contributed by atoms with E-state index in [4.69, 9.17) is 0 Å². The van der Waals surface area contributed by atoms with Gasteiger partial charge in [0, 0.05) is 11.9 Å². The van der Waals surface area contributed by atoms with E-state index in [2.05, 4.69) is 37.9 Å². The van der Waals surface area contributed by atoms with Crippen molar-refractivity contribution in [3.05, 3.63) is 35.2 Å². The number of pyridine rings is 1. The fraction of sp³-hybridized carbons (Fsp3) is 0.533. The normalized spacial score (nSPS) is 7.94. The van der Waals surface area contributed by atoms with Crippen LogP contribution in [0.15, 0.2) is 23.9 Å². The number of aromatic nitrogens is 1. The molecule has 0 amide bonds. The number of allylic oxidation sites excluding steroid dienone is 1. The van der Waals surface area contributed by atoms with E-state index in [1.54, 1.807) is 0 Å². The summed E-state index contributed by atoms with van der Waals surface area (Å²) in [5.41, 5.74) is 3.75. The van der Waals surface area contributed by atoms with Crippen LogP contribution < -0.4 is 0 Å². The van der Waals surface area contributed by atoms with Crippen molar-refractivity contribution in [3.63, 3.8) is 0 Å². The molecule has 0 spiro atoms. The van der Waals surface area contributed by atoms with Gasteiger partial charge >= 0.3 is 0 Å². The second-order valence-electron chi connectivity index (χ2n) is 3.11. The molecule has 0 unspecified atom stereocenters. The van der Waals surface area contributed by atoms with E-state index >= 15 is 0 Å². The summed E-state index contributed by atoms with van der Waals surface area (Å²) in [4.78, 5) is 4.31. The summed E-state index contributed by atoms with van der Waals surface area (Å²) in [6.45, 7) is 14.3. The van der Waals surface area contributed by atoms with Crippen LogP contribution in [0.25, 0.3) is 6.08 Å². The molecule has 1 aromatic heterocycles. The van der Waals surface area contributed by atoms with E-state index in [9.17, 15) is 0 Å². The summed E-state index contributed by atoms with van der Waals surface area (Å²) < 4.78 is 0. The van der Waals surface area contributed by atoms with Gasteiger partial charge in [0.05, 0.1) is 0 Å². The molecule has 1 heterocycles. The first-order valence-corrected chi connectivity index (χ1v) is 6.33. The summed E-state index contributed by atoms with van der Waals surface area (Å²) in [6, 6.07) is 4.09. The van der Waals surface area contributed by atoms with Crippen molar-refractivity contribution < 1.29 is 0 Å². The Hall–Kier alpha value is -1.11. The second kappa shape index (κ2) is 12.0. The Bertz CT molecular complexity index is 283. The summed E-state index contributed by atoms with van der Waals surface area (Å²) in [7, 11) is 0. The van der Waals surface area contributed by atoms with E-state index < -0.39 is 0 Å². The van der Waals surface area contributed by atoms with Gasteiger partial charge in [-0.3, -0.25) is 4.98 Å². The van der Waals surface area contributed by atoms with Crippen molar-refractivity contribution >= 4 is 6.08 Å². The zero-order valence-corrected chi connectivity index (χ0v) is 12.0. The maximum atomic E-state index is 4.31. The largest absolute Gasteiger partial charge is 0.261 e. The molecule has 0 atom stereocenters. The molecule has 92 valence electrons. The van der Waals surface area contributed by atoms with Crippen molar-refractivity contribution in [1.82, 2.24) is 4.98 Å². The van der Waals surface area contributed by atoms with E-state index in [1.165, 1.54) is 16.8 Å². The van der Waals surface area contributed by atoms with Gasteiger partial charge in [-0.1, -0.05) is 52.3 Å². The third-order valence-electron chi connectivity index (χ3n) is 1.70. The molecule has 0 fully saturated rings. The molecule has 0 saturated heterocycles. The third kappa shape index (κ3) is 7.22. The number of hydrogen-bond acceptors (Lipinski definition) is 1. The van der Waals surface area contributed by atoms with Crippen molar-refractivity contribution in [3.8, 4) is 0 Å². The molecule has 0 N–H and O–H groups in total. The van der Waals surface area contributed by atoms with Crippen LogP contribution in [-0.4, -0.2) is 4.98 Å². The van der Waals surface area contributed by atoms with Crippen LogP contribution in [0, 0.1) is 0 Å². The lowest BCUT2D eigenvalue weighted by Gasteiger charge is -2.01. The van der Waals surface area contributed by atoms with Gasteiger partial charge in [-0.25, -0.2) is 0 Å². The van der Waals surface area contributed by atoms with Crippen molar-refractivity contribution in [2.24, 2.45) is 0 Å². The van der Waals surface area contributed by atoms with Crippen LogP contribution in [0.1, 0.15) is 59.7 Å². The lowest BCUT2D eigenvalue weighted by molar-refractivity contribution is 1.03. The second-order valence-corrected chi connectivity index (χ2v) is 3.11. The SMILES string of the molecule is CC.CC.CCc1ncccc1C=C(C)C. The molecule has 0 saturated carbocycles. The van der Waals surface area contributed by atoms with Crippen LogP contribution in [0.4, 0.5) is 0 Å². The first-order valence-electron chi connectivity index (χ1n) is 6.33. The van der Waals surface area contributed by atoms with Gasteiger partial charge < -0.3 is 0 Å². The number of hydrogen-bond donors (Lipinski definition) is 0. The molecule has 0 aliphatic carbocycles. The molecule has 1 rings (SSSR count). The molecule has 0 bridgehead atoms. The lowest BCUT2D eigenvalue weighted by Crippen LogP contribution is -1.90. The summed E-state index contributed by atoms with van der Waals surface area (Å²) in [6.07, 6.45) is 5.02. The van der Waals surface area contributed by atoms with Gasteiger partial charge in [0.15, 0.2) is 0 Å². The van der Waals surface area contributed by atoms with Crippen LogP contribution >= 0.6 is 0 Å². The Morgan fingerprint density at radius 3 is 2.19 bits per heavy atom. The number of aryl methyl sites for hydroxylation is 1. The highest BCUT2D eigenvalue weighted by Gasteiger charge is 1.96. The highest BCUT2D eigenvalue weighted by atomic mass is 14.7. The van der Waals surface area contributed by atoms with Crippen molar-refractivity contribution in [1.29, 1.82) is 0 Å². The Balaban J connectivity index is 0. The van der Waals surface area contributed by atoms with E-state index in [0.29, 0.717) is 0 Å². The minimum atomic E-state index is 1.000. The first-order chi connectivity index (χ1) is 7.74. The molecular formula is C15H27N. The third-order valence-corrected chi connectivity index (χ3v) is 1.70. The molecular weight excluding hydrogens is 194 g/mol. The smallest absolute Gasteiger partial charge is 0.0473 e. The van der Waals surface area contributed by atoms with Gasteiger partial charge in [0.2, 0.25) is 0 Å². The van der Waals surface area contributed by atoms with Crippen molar-refractivity contribution in [2.45, 2.75) is 54.9 Å². The maximum absolute atomic E-state index is 4.31. The van der Waals surface area contributed by atoms with Crippen LogP contribution in [0.3, 0.4) is 0 Å². The topological polar surface area (TPSA) is 12.9 Å². The Morgan fingerprint density at radius 2 is 1.75 bits per heavy atom. The zero-order valence-electron chi connectivity index (χ0n) is 12.0. The molecule has 0 radical (unpaired) electrons. The molecule has 0 aliphatic heterocycles. The Labute approximate surface area is 102 Å². The number of nitrogens with zero attached hydrogens (tertiary/aromatic N) is 1. The van der Waals surface area contributed by atoms with E-state index in [1.807, 2.05) is 40.0 Å². The molecule has 1 heteroatoms. The molecule has 0 aliphatic rings. The lowest BCUT2D eigenvalue weighted by atomic mass is 10.1. The predicted octanol–water partition coefficient (Wildman–Crippen LogP) is 5.12. The quantitative estimate of drug-likeness (QED) is 0.675. The Morgan fingerprint density at radius 1 is 1.19 bits per heavy atom. The molecule has 16 heavy (non-hydrogen) atoms. The minimum Gasteiger partial charge on any atom is -0.261 e. The zero-order chi connectivity index (χ0) is 13.0. The van der Waals surface area contributed by atoms with E-state index in [-0.39, 0.29) is 0 Å². The summed E-state index contributed by atoms with van der Waals surface area (Å²) >= 11 is 0.